The van der Waals surface area contributed by atoms with Crippen LogP contribution in [0.25, 0.3) is 0 Å². The Balaban J connectivity index is 2.39. The lowest BCUT2D eigenvalue weighted by Gasteiger charge is -2.13. The van der Waals surface area contributed by atoms with E-state index in [1.54, 1.807) is 6.92 Å². The van der Waals surface area contributed by atoms with Gasteiger partial charge in [-0.3, -0.25) is 9.59 Å². The van der Waals surface area contributed by atoms with Crippen LogP contribution in [0.4, 0.5) is 0 Å². The number of rotatable bonds is 7. The third-order valence-corrected chi connectivity index (χ3v) is 4.16. The summed E-state index contributed by atoms with van der Waals surface area (Å²) in [6.07, 6.45) is 0.884. The average Bonchev–Trinajstić information content (AvgIpc) is 2.45. The molecule has 0 heterocycles. The fraction of sp³-hybridized carbons (Fsp3) is 0.500. The molecular formula is C16H24N2O2S. The summed E-state index contributed by atoms with van der Waals surface area (Å²) in [5.74, 6) is 0.0484. The molecule has 0 spiro atoms. The summed E-state index contributed by atoms with van der Waals surface area (Å²) < 4.78 is 0. The Morgan fingerprint density at radius 1 is 1.24 bits per heavy atom. The van der Waals surface area contributed by atoms with Gasteiger partial charge in [0, 0.05) is 11.4 Å². The molecule has 1 atom stereocenters. The van der Waals surface area contributed by atoms with Crippen molar-refractivity contribution >= 4 is 23.6 Å². The smallest absolute Gasteiger partial charge is 0.242 e. The van der Waals surface area contributed by atoms with E-state index in [0.29, 0.717) is 12.3 Å². The molecule has 0 bridgehead atoms. The SMILES string of the molecule is CCCNC(=O)[C@H](C)NC(=O)CSc1ccc(C)c(C)c1. The molecule has 0 aliphatic rings. The zero-order valence-electron chi connectivity index (χ0n) is 13.2. The van der Waals surface area contributed by atoms with Gasteiger partial charge in [0.1, 0.15) is 6.04 Å². The Bertz CT molecular complexity index is 503. The molecule has 0 saturated heterocycles. The molecule has 0 aliphatic heterocycles. The zero-order chi connectivity index (χ0) is 15.8. The third kappa shape index (κ3) is 6.21. The molecule has 0 aromatic heterocycles. The van der Waals surface area contributed by atoms with Gasteiger partial charge in [-0.25, -0.2) is 0 Å². The minimum atomic E-state index is -0.496. The van der Waals surface area contributed by atoms with Crippen LogP contribution in [-0.2, 0) is 9.59 Å². The number of carbonyl (C=O) groups excluding carboxylic acids is 2. The Labute approximate surface area is 131 Å². The molecule has 5 heteroatoms. The van der Waals surface area contributed by atoms with Crippen LogP contribution in [-0.4, -0.2) is 30.2 Å². The Kier molecular flexibility index (Phi) is 7.29. The molecule has 1 aromatic carbocycles. The largest absolute Gasteiger partial charge is 0.354 e. The quantitative estimate of drug-likeness (QED) is 0.761. The number of benzene rings is 1. The minimum Gasteiger partial charge on any atom is -0.354 e. The van der Waals surface area contributed by atoms with Crippen LogP contribution in [0.2, 0.25) is 0 Å². The highest BCUT2D eigenvalue weighted by molar-refractivity contribution is 8.00. The van der Waals surface area contributed by atoms with E-state index in [0.717, 1.165) is 11.3 Å². The highest BCUT2D eigenvalue weighted by Gasteiger charge is 2.14. The van der Waals surface area contributed by atoms with Gasteiger partial charge in [-0.1, -0.05) is 13.0 Å². The van der Waals surface area contributed by atoms with Crippen molar-refractivity contribution in [2.24, 2.45) is 0 Å². The second kappa shape index (κ2) is 8.72. The van der Waals surface area contributed by atoms with E-state index in [-0.39, 0.29) is 11.8 Å². The standard InChI is InChI=1S/C16H24N2O2S/c1-5-8-17-16(20)13(4)18-15(19)10-21-14-7-6-11(2)12(3)9-14/h6-7,9,13H,5,8,10H2,1-4H3,(H,17,20)(H,18,19)/t13-/m0/s1. The van der Waals surface area contributed by atoms with Crippen LogP contribution in [0.3, 0.4) is 0 Å². The number of hydrogen-bond donors (Lipinski definition) is 2. The summed E-state index contributed by atoms with van der Waals surface area (Å²) in [6, 6.07) is 5.64. The Hall–Kier alpha value is -1.49. The van der Waals surface area contributed by atoms with Crippen LogP contribution in [0, 0.1) is 13.8 Å². The van der Waals surface area contributed by atoms with E-state index in [1.165, 1.54) is 22.9 Å². The van der Waals surface area contributed by atoms with E-state index in [1.807, 2.05) is 13.0 Å². The Morgan fingerprint density at radius 2 is 1.95 bits per heavy atom. The lowest BCUT2D eigenvalue weighted by Crippen LogP contribution is -2.45. The van der Waals surface area contributed by atoms with Crippen molar-refractivity contribution in [2.75, 3.05) is 12.3 Å². The molecule has 1 aromatic rings. The van der Waals surface area contributed by atoms with Crippen LogP contribution in [0.5, 0.6) is 0 Å². The summed E-state index contributed by atoms with van der Waals surface area (Å²) in [7, 11) is 0. The van der Waals surface area contributed by atoms with Gasteiger partial charge in [0.2, 0.25) is 11.8 Å². The molecule has 4 nitrogen and oxygen atoms in total. The summed E-state index contributed by atoms with van der Waals surface area (Å²) >= 11 is 1.48. The van der Waals surface area contributed by atoms with Crippen molar-refractivity contribution in [1.29, 1.82) is 0 Å². The minimum absolute atomic E-state index is 0.127. The van der Waals surface area contributed by atoms with Crippen molar-refractivity contribution in [3.05, 3.63) is 29.3 Å². The predicted molar refractivity (Wildman–Crippen MR) is 87.5 cm³/mol. The van der Waals surface area contributed by atoms with Crippen LogP contribution in [0.1, 0.15) is 31.4 Å². The van der Waals surface area contributed by atoms with Gasteiger partial charge in [0.25, 0.3) is 0 Å². The van der Waals surface area contributed by atoms with Gasteiger partial charge >= 0.3 is 0 Å². The van der Waals surface area contributed by atoms with Crippen molar-refractivity contribution in [2.45, 2.75) is 45.1 Å². The van der Waals surface area contributed by atoms with Gasteiger partial charge in [0.05, 0.1) is 5.75 Å². The number of carbonyl (C=O) groups is 2. The van der Waals surface area contributed by atoms with E-state index < -0.39 is 6.04 Å². The van der Waals surface area contributed by atoms with Crippen LogP contribution < -0.4 is 10.6 Å². The first-order valence-corrected chi connectivity index (χ1v) is 8.19. The number of nitrogens with one attached hydrogen (secondary N) is 2. The Morgan fingerprint density at radius 3 is 2.57 bits per heavy atom. The second-order valence-electron chi connectivity index (χ2n) is 5.11. The zero-order valence-corrected chi connectivity index (χ0v) is 14.0. The van der Waals surface area contributed by atoms with Gasteiger partial charge in [-0.2, -0.15) is 0 Å². The van der Waals surface area contributed by atoms with E-state index in [9.17, 15) is 9.59 Å². The lowest BCUT2D eigenvalue weighted by atomic mass is 10.1. The number of amides is 2. The van der Waals surface area contributed by atoms with E-state index in [2.05, 4.69) is 36.6 Å². The summed E-state index contributed by atoms with van der Waals surface area (Å²) in [4.78, 5) is 24.6. The highest BCUT2D eigenvalue weighted by Crippen LogP contribution is 2.20. The third-order valence-electron chi connectivity index (χ3n) is 3.17. The molecule has 21 heavy (non-hydrogen) atoms. The van der Waals surface area contributed by atoms with Gasteiger partial charge < -0.3 is 10.6 Å². The van der Waals surface area contributed by atoms with Gasteiger partial charge in [-0.15, -0.1) is 11.8 Å². The maximum Gasteiger partial charge on any atom is 0.242 e. The maximum absolute atomic E-state index is 11.8. The molecular weight excluding hydrogens is 284 g/mol. The number of aryl methyl sites for hydroxylation is 2. The average molecular weight is 308 g/mol. The van der Waals surface area contributed by atoms with Gasteiger partial charge in [0.15, 0.2) is 0 Å². The van der Waals surface area contributed by atoms with Crippen LogP contribution in [0.15, 0.2) is 23.1 Å². The van der Waals surface area contributed by atoms with Crippen LogP contribution >= 0.6 is 11.8 Å². The van der Waals surface area contributed by atoms with E-state index in [4.69, 9.17) is 0 Å². The fourth-order valence-electron chi connectivity index (χ4n) is 1.70. The summed E-state index contributed by atoms with van der Waals surface area (Å²) in [5.41, 5.74) is 2.46. The first-order valence-electron chi connectivity index (χ1n) is 7.21. The molecule has 2 N–H and O–H groups in total. The fourth-order valence-corrected chi connectivity index (χ4v) is 2.51. The molecule has 0 aliphatic carbocycles. The first-order chi connectivity index (χ1) is 9.93. The number of thioether (sulfide) groups is 1. The van der Waals surface area contributed by atoms with Crippen molar-refractivity contribution in [3.8, 4) is 0 Å². The lowest BCUT2D eigenvalue weighted by molar-refractivity contribution is -0.127. The molecule has 0 unspecified atom stereocenters. The monoisotopic (exact) mass is 308 g/mol. The molecule has 0 fully saturated rings. The normalized spacial score (nSPS) is 11.8. The van der Waals surface area contributed by atoms with Gasteiger partial charge in [-0.05, 0) is 50.5 Å². The van der Waals surface area contributed by atoms with E-state index >= 15 is 0 Å². The van der Waals surface area contributed by atoms with Crippen molar-refractivity contribution < 1.29 is 9.59 Å². The summed E-state index contributed by atoms with van der Waals surface area (Å²) in [6.45, 7) is 8.44. The first kappa shape index (κ1) is 17.6. The highest BCUT2D eigenvalue weighted by atomic mass is 32.2. The molecule has 1 rings (SSSR count). The molecule has 0 radical (unpaired) electrons. The molecule has 116 valence electrons. The molecule has 0 saturated carbocycles. The molecule has 2 amide bonds. The topological polar surface area (TPSA) is 58.2 Å². The predicted octanol–water partition coefficient (Wildman–Crippen LogP) is 2.43. The number of hydrogen-bond acceptors (Lipinski definition) is 3. The maximum atomic E-state index is 11.8. The van der Waals surface area contributed by atoms with Crippen molar-refractivity contribution in [1.82, 2.24) is 10.6 Å². The van der Waals surface area contributed by atoms with Crippen molar-refractivity contribution in [3.63, 3.8) is 0 Å². The second-order valence-corrected chi connectivity index (χ2v) is 6.16. The summed E-state index contributed by atoms with van der Waals surface area (Å²) in [5, 5.41) is 5.48.